The van der Waals surface area contributed by atoms with Crippen molar-refractivity contribution in [1.29, 1.82) is 0 Å². The number of esters is 1. The van der Waals surface area contributed by atoms with Crippen LogP contribution in [0.4, 0.5) is 8.78 Å². The lowest BCUT2D eigenvalue weighted by atomic mass is 9.90. The van der Waals surface area contributed by atoms with Gasteiger partial charge in [-0.05, 0) is 61.8 Å². The third kappa shape index (κ3) is 3.98. The largest absolute Gasteiger partial charge is 0.463 e. The van der Waals surface area contributed by atoms with E-state index in [1.807, 2.05) is 0 Å². The molecular formula is C17H18F2N2O4S. The number of carbonyl (C=O) groups is 2. The SMILES string of the molecule is COC(=O)C(=O)C1=C(C)NC(=S)N[C@H]1c1cc(C)c(OC(F)F)c(C)c1. The average Bonchev–Trinajstić information content (AvgIpc) is 2.55. The lowest BCUT2D eigenvalue weighted by Gasteiger charge is -2.30. The number of Topliss-reactive ketones (excluding diaryl/α,β-unsaturated/α-hetero) is 1. The number of benzene rings is 1. The fourth-order valence-corrected chi connectivity index (χ4v) is 3.14. The van der Waals surface area contributed by atoms with Crippen LogP contribution in [0.25, 0.3) is 0 Å². The molecule has 1 aliphatic rings. The Morgan fingerprint density at radius 1 is 1.19 bits per heavy atom. The van der Waals surface area contributed by atoms with Crippen LogP contribution in [0.3, 0.4) is 0 Å². The van der Waals surface area contributed by atoms with Crippen molar-refractivity contribution >= 4 is 29.1 Å². The van der Waals surface area contributed by atoms with Crippen LogP contribution in [0.5, 0.6) is 5.75 Å². The summed E-state index contributed by atoms with van der Waals surface area (Å²) in [5.74, 6) is -1.76. The number of carbonyl (C=O) groups excluding carboxylic acids is 2. The summed E-state index contributed by atoms with van der Waals surface area (Å²) in [6.45, 7) is 1.91. The van der Waals surface area contributed by atoms with Gasteiger partial charge in [0.1, 0.15) is 5.75 Å². The van der Waals surface area contributed by atoms with Gasteiger partial charge in [-0.25, -0.2) is 4.79 Å². The first-order chi connectivity index (χ1) is 12.1. The van der Waals surface area contributed by atoms with Crippen LogP contribution in [0.1, 0.15) is 29.7 Å². The first-order valence-corrected chi connectivity index (χ1v) is 8.03. The highest BCUT2D eigenvalue weighted by atomic mass is 32.1. The van der Waals surface area contributed by atoms with Crippen molar-refractivity contribution in [2.45, 2.75) is 33.4 Å². The standard InChI is InChI=1S/C17H18F2N2O4S/c1-7-5-10(6-8(2)14(7)25-16(18)19)12-11(13(22)15(23)24-4)9(3)20-17(26)21-12/h5-6,12,16H,1-4H3,(H2,20,21,26)/t12-/m0/s1. The van der Waals surface area contributed by atoms with Gasteiger partial charge in [0.2, 0.25) is 0 Å². The first-order valence-electron chi connectivity index (χ1n) is 7.62. The van der Waals surface area contributed by atoms with Gasteiger partial charge in [-0.15, -0.1) is 0 Å². The highest BCUT2D eigenvalue weighted by Gasteiger charge is 2.34. The number of nitrogens with one attached hydrogen (secondary N) is 2. The number of methoxy groups -OCH3 is 1. The number of aryl methyl sites for hydroxylation is 2. The molecule has 1 heterocycles. The van der Waals surface area contributed by atoms with E-state index in [4.69, 9.17) is 12.2 Å². The summed E-state index contributed by atoms with van der Waals surface area (Å²) >= 11 is 5.13. The molecule has 0 bridgehead atoms. The predicted octanol–water partition coefficient (Wildman–Crippen LogP) is 2.44. The maximum Gasteiger partial charge on any atom is 0.387 e. The van der Waals surface area contributed by atoms with E-state index in [2.05, 4.69) is 20.1 Å². The van der Waals surface area contributed by atoms with E-state index in [1.165, 1.54) is 0 Å². The molecule has 6 nitrogen and oxygen atoms in total. The van der Waals surface area contributed by atoms with Crippen molar-refractivity contribution in [3.05, 3.63) is 40.1 Å². The van der Waals surface area contributed by atoms with Gasteiger partial charge >= 0.3 is 12.6 Å². The monoisotopic (exact) mass is 384 g/mol. The molecule has 0 radical (unpaired) electrons. The molecule has 0 unspecified atom stereocenters. The number of hydrogen-bond donors (Lipinski definition) is 2. The second-order valence-corrected chi connectivity index (χ2v) is 6.16. The van der Waals surface area contributed by atoms with Gasteiger partial charge in [0.25, 0.3) is 5.78 Å². The lowest BCUT2D eigenvalue weighted by Crippen LogP contribution is -2.46. The Morgan fingerprint density at radius 3 is 2.27 bits per heavy atom. The summed E-state index contributed by atoms with van der Waals surface area (Å²) in [7, 11) is 1.12. The molecule has 0 amide bonds. The van der Waals surface area contributed by atoms with E-state index in [9.17, 15) is 18.4 Å². The van der Waals surface area contributed by atoms with E-state index < -0.39 is 24.4 Å². The molecule has 0 fully saturated rings. The quantitative estimate of drug-likeness (QED) is 0.459. The van der Waals surface area contributed by atoms with E-state index in [0.29, 0.717) is 22.4 Å². The Kier molecular flexibility index (Phi) is 5.91. The van der Waals surface area contributed by atoms with Gasteiger partial charge in [0, 0.05) is 5.70 Å². The van der Waals surface area contributed by atoms with Gasteiger partial charge in [0.05, 0.1) is 18.7 Å². The fraction of sp³-hybridized carbons (Fsp3) is 0.353. The third-order valence-electron chi connectivity index (χ3n) is 3.91. The fourth-order valence-electron chi connectivity index (χ4n) is 2.87. The zero-order valence-electron chi connectivity index (χ0n) is 14.6. The van der Waals surface area contributed by atoms with Crippen LogP contribution in [0, 0.1) is 13.8 Å². The summed E-state index contributed by atoms with van der Waals surface area (Å²) < 4.78 is 34.2. The van der Waals surface area contributed by atoms with Crippen LogP contribution < -0.4 is 15.4 Å². The van der Waals surface area contributed by atoms with Crippen LogP contribution in [-0.2, 0) is 14.3 Å². The Balaban J connectivity index is 2.53. The summed E-state index contributed by atoms with van der Waals surface area (Å²) in [4.78, 5) is 24.2. The van der Waals surface area contributed by atoms with Gasteiger partial charge in [0.15, 0.2) is 5.11 Å². The highest BCUT2D eigenvalue weighted by Crippen LogP contribution is 2.33. The van der Waals surface area contributed by atoms with E-state index in [1.54, 1.807) is 32.9 Å². The van der Waals surface area contributed by atoms with Gasteiger partial charge < -0.3 is 20.1 Å². The first kappa shape index (κ1) is 19.8. The molecule has 1 atom stereocenters. The van der Waals surface area contributed by atoms with E-state index in [0.717, 1.165) is 7.11 Å². The van der Waals surface area contributed by atoms with Crippen LogP contribution >= 0.6 is 12.2 Å². The Hall–Kier alpha value is -2.55. The molecule has 2 N–H and O–H groups in total. The number of hydrogen-bond acceptors (Lipinski definition) is 5. The van der Waals surface area contributed by atoms with E-state index in [-0.39, 0.29) is 16.4 Å². The molecule has 0 aromatic heterocycles. The average molecular weight is 384 g/mol. The van der Waals surface area contributed by atoms with Crippen molar-refractivity contribution < 1.29 is 27.8 Å². The van der Waals surface area contributed by atoms with Gasteiger partial charge in [-0.1, -0.05) is 0 Å². The molecule has 2 rings (SSSR count). The second-order valence-electron chi connectivity index (χ2n) is 5.75. The van der Waals surface area contributed by atoms with Crippen molar-refractivity contribution in [1.82, 2.24) is 10.6 Å². The number of ether oxygens (including phenoxy) is 2. The van der Waals surface area contributed by atoms with Gasteiger partial charge in [-0.3, -0.25) is 4.79 Å². The van der Waals surface area contributed by atoms with Crippen molar-refractivity contribution in [2.75, 3.05) is 7.11 Å². The summed E-state index contributed by atoms with van der Waals surface area (Å²) in [5, 5.41) is 6.01. The zero-order chi connectivity index (χ0) is 19.6. The summed E-state index contributed by atoms with van der Waals surface area (Å²) in [6.07, 6.45) is 0. The molecular weight excluding hydrogens is 366 g/mol. The maximum atomic E-state index is 12.6. The normalized spacial score (nSPS) is 16.9. The highest BCUT2D eigenvalue weighted by molar-refractivity contribution is 7.80. The summed E-state index contributed by atoms with van der Waals surface area (Å²) in [5.41, 5.74) is 2.07. The summed E-state index contributed by atoms with van der Waals surface area (Å²) in [6, 6.07) is 2.48. The van der Waals surface area contributed by atoms with Gasteiger partial charge in [-0.2, -0.15) is 8.78 Å². The Morgan fingerprint density at radius 2 is 1.77 bits per heavy atom. The van der Waals surface area contributed by atoms with Crippen molar-refractivity contribution in [3.8, 4) is 5.75 Å². The molecule has 1 aromatic rings. The smallest absolute Gasteiger partial charge is 0.387 e. The van der Waals surface area contributed by atoms with Crippen LogP contribution in [0.15, 0.2) is 23.4 Å². The molecule has 0 spiro atoms. The second kappa shape index (κ2) is 7.77. The Bertz CT molecular complexity index is 785. The minimum Gasteiger partial charge on any atom is -0.463 e. The molecule has 1 aliphatic heterocycles. The predicted molar refractivity (Wildman–Crippen MR) is 93.9 cm³/mol. The number of ketones is 1. The molecule has 9 heteroatoms. The van der Waals surface area contributed by atoms with Crippen molar-refractivity contribution in [2.24, 2.45) is 0 Å². The third-order valence-corrected chi connectivity index (χ3v) is 4.13. The molecule has 0 aliphatic carbocycles. The molecule has 0 saturated carbocycles. The van der Waals surface area contributed by atoms with E-state index >= 15 is 0 Å². The number of rotatable bonds is 5. The molecule has 26 heavy (non-hydrogen) atoms. The maximum absolute atomic E-state index is 12.6. The number of alkyl halides is 2. The van der Waals surface area contributed by atoms with Crippen LogP contribution in [0.2, 0.25) is 0 Å². The molecule has 1 aromatic carbocycles. The molecule has 0 saturated heterocycles. The molecule has 140 valence electrons. The zero-order valence-corrected chi connectivity index (χ0v) is 15.4. The minimum atomic E-state index is -2.94. The van der Waals surface area contributed by atoms with Crippen LogP contribution in [-0.4, -0.2) is 30.6 Å². The Labute approximate surface area is 154 Å². The number of halogens is 2. The topological polar surface area (TPSA) is 76.7 Å². The van der Waals surface area contributed by atoms with Crippen molar-refractivity contribution in [3.63, 3.8) is 0 Å². The lowest BCUT2D eigenvalue weighted by molar-refractivity contribution is -0.150. The minimum absolute atomic E-state index is 0.0711. The number of thiocarbonyl (C=S) groups is 1. The number of allylic oxidation sites excluding steroid dienone is 1.